The van der Waals surface area contributed by atoms with Gasteiger partial charge in [0.05, 0.1) is 0 Å². The summed E-state index contributed by atoms with van der Waals surface area (Å²) in [7, 11) is 0. The van der Waals surface area contributed by atoms with Crippen molar-refractivity contribution in [2.45, 2.75) is 25.7 Å². The zero-order valence-electron chi connectivity index (χ0n) is 6.69. The number of aliphatic carboxylic acids is 2. The average Bonchev–Trinajstić information content (AvgIpc) is 1.93. The van der Waals surface area contributed by atoms with Gasteiger partial charge in [-0.05, 0) is 24.7 Å². The maximum atomic E-state index is 10.3. The van der Waals surface area contributed by atoms with Gasteiger partial charge in [-0.25, -0.2) is 0 Å². The molecule has 12 heavy (non-hydrogen) atoms. The summed E-state index contributed by atoms with van der Waals surface area (Å²) in [4.78, 5) is 20.6. The van der Waals surface area contributed by atoms with E-state index in [2.05, 4.69) is 0 Å². The van der Waals surface area contributed by atoms with Crippen LogP contribution in [0.5, 0.6) is 0 Å². The Morgan fingerprint density at radius 3 is 1.50 bits per heavy atom. The summed E-state index contributed by atoms with van der Waals surface area (Å²) >= 11 is 0. The Morgan fingerprint density at radius 2 is 1.33 bits per heavy atom. The molecule has 2 atom stereocenters. The van der Waals surface area contributed by atoms with Gasteiger partial charge in [0, 0.05) is 12.8 Å². The first-order valence-corrected chi connectivity index (χ1v) is 4.03. The van der Waals surface area contributed by atoms with Crippen LogP contribution in [0.1, 0.15) is 25.7 Å². The summed E-state index contributed by atoms with van der Waals surface area (Å²) in [5.74, 6) is -1.46. The lowest BCUT2D eigenvalue weighted by Crippen LogP contribution is -2.29. The van der Waals surface area contributed by atoms with Crippen molar-refractivity contribution in [1.82, 2.24) is 0 Å². The number of rotatable bonds is 4. The lowest BCUT2D eigenvalue weighted by Gasteiger charge is -2.34. The van der Waals surface area contributed by atoms with Crippen LogP contribution in [0.25, 0.3) is 0 Å². The maximum absolute atomic E-state index is 10.3. The van der Waals surface area contributed by atoms with Gasteiger partial charge in [0.2, 0.25) is 0 Å². The van der Waals surface area contributed by atoms with Gasteiger partial charge >= 0.3 is 11.9 Å². The molecule has 0 aliphatic heterocycles. The fourth-order valence-corrected chi connectivity index (χ4v) is 1.62. The van der Waals surface area contributed by atoms with Gasteiger partial charge in [0.1, 0.15) is 0 Å². The molecule has 68 valence electrons. The van der Waals surface area contributed by atoms with E-state index in [1.165, 1.54) is 0 Å². The number of carbonyl (C=O) groups is 2. The van der Waals surface area contributed by atoms with Crippen LogP contribution in [0.15, 0.2) is 0 Å². The molecule has 0 radical (unpaired) electrons. The van der Waals surface area contributed by atoms with Crippen LogP contribution >= 0.6 is 0 Å². The molecular weight excluding hydrogens is 160 g/mol. The standard InChI is InChI=1S/C8H12O4/c9-7(10)3-5-1-2-6(5)4-8(11)12/h5-6H,1-4H2,(H,9,10)(H,11,12)/t5-,6-/m1/s1. The molecule has 0 heterocycles. The molecule has 0 unspecified atom stereocenters. The highest BCUT2D eigenvalue weighted by Crippen LogP contribution is 2.38. The minimum atomic E-state index is -0.824. The third-order valence-corrected chi connectivity index (χ3v) is 2.45. The fourth-order valence-electron chi connectivity index (χ4n) is 1.62. The third-order valence-electron chi connectivity index (χ3n) is 2.45. The molecule has 0 aromatic rings. The Kier molecular flexibility index (Phi) is 2.68. The summed E-state index contributed by atoms with van der Waals surface area (Å²) in [6.07, 6.45) is 1.98. The molecule has 1 saturated carbocycles. The largest absolute Gasteiger partial charge is 0.481 e. The Hall–Kier alpha value is -1.06. The Morgan fingerprint density at radius 1 is 1.00 bits per heavy atom. The van der Waals surface area contributed by atoms with Crippen LogP contribution in [0, 0.1) is 11.8 Å². The minimum absolute atomic E-state index is 0.0959. The van der Waals surface area contributed by atoms with Gasteiger partial charge < -0.3 is 10.2 Å². The maximum Gasteiger partial charge on any atom is 0.303 e. The molecule has 2 N–H and O–H groups in total. The van der Waals surface area contributed by atoms with Gasteiger partial charge in [0.15, 0.2) is 0 Å². The van der Waals surface area contributed by atoms with Crippen molar-refractivity contribution >= 4 is 11.9 Å². The predicted molar refractivity (Wildman–Crippen MR) is 40.7 cm³/mol. The van der Waals surface area contributed by atoms with Crippen LogP contribution in [0.3, 0.4) is 0 Å². The zero-order valence-corrected chi connectivity index (χ0v) is 6.69. The van der Waals surface area contributed by atoms with Crippen molar-refractivity contribution in [3.8, 4) is 0 Å². The molecule has 0 amide bonds. The second kappa shape index (κ2) is 3.56. The summed E-state index contributed by atoms with van der Waals surface area (Å²) < 4.78 is 0. The molecule has 0 aromatic heterocycles. The quantitative estimate of drug-likeness (QED) is 0.662. The topological polar surface area (TPSA) is 74.6 Å². The summed E-state index contributed by atoms with van der Waals surface area (Å²) in [5, 5.41) is 16.9. The molecule has 1 aliphatic carbocycles. The summed E-state index contributed by atoms with van der Waals surface area (Å²) in [6.45, 7) is 0. The van der Waals surface area contributed by atoms with E-state index in [0.29, 0.717) is 0 Å². The lowest BCUT2D eigenvalue weighted by atomic mass is 9.70. The van der Waals surface area contributed by atoms with Gasteiger partial charge in [0.25, 0.3) is 0 Å². The first-order chi connectivity index (χ1) is 5.59. The van der Waals surface area contributed by atoms with E-state index in [4.69, 9.17) is 10.2 Å². The van der Waals surface area contributed by atoms with Crippen molar-refractivity contribution in [3.05, 3.63) is 0 Å². The Balaban J connectivity index is 2.29. The molecule has 1 rings (SSSR count). The van der Waals surface area contributed by atoms with Crippen LogP contribution in [-0.4, -0.2) is 22.2 Å². The number of carboxylic acids is 2. The van der Waals surface area contributed by atoms with Gasteiger partial charge in [-0.3, -0.25) is 9.59 Å². The van der Waals surface area contributed by atoms with E-state index in [-0.39, 0.29) is 24.7 Å². The van der Waals surface area contributed by atoms with Gasteiger partial charge in [-0.1, -0.05) is 0 Å². The molecule has 0 spiro atoms. The van der Waals surface area contributed by atoms with Gasteiger partial charge in [-0.2, -0.15) is 0 Å². The Bertz CT molecular complexity index is 177. The van der Waals surface area contributed by atoms with Crippen molar-refractivity contribution < 1.29 is 19.8 Å². The SMILES string of the molecule is O=C(O)C[C@H]1CC[C@@H]1CC(=O)O. The number of hydrogen-bond donors (Lipinski definition) is 2. The highest BCUT2D eigenvalue weighted by molar-refractivity contribution is 5.69. The second-order valence-electron chi connectivity index (χ2n) is 3.29. The zero-order chi connectivity index (χ0) is 9.14. The van der Waals surface area contributed by atoms with Crippen LogP contribution < -0.4 is 0 Å². The highest BCUT2D eigenvalue weighted by atomic mass is 16.4. The van der Waals surface area contributed by atoms with Gasteiger partial charge in [-0.15, -0.1) is 0 Å². The van der Waals surface area contributed by atoms with Crippen molar-refractivity contribution in [3.63, 3.8) is 0 Å². The summed E-state index contributed by atoms with van der Waals surface area (Å²) in [5.41, 5.74) is 0. The average molecular weight is 172 g/mol. The van der Waals surface area contributed by atoms with Crippen molar-refractivity contribution in [2.75, 3.05) is 0 Å². The number of carboxylic acid groups (broad SMARTS) is 2. The molecular formula is C8H12O4. The predicted octanol–water partition coefficient (Wildman–Crippen LogP) is 0.962. The van der Waals surface area contributed by atoms with E-state index in [9.17, 15) is 9.59 Å². The monoisotopic (exact) mass is 172 g/mol. The van der Waals surface area contributed by atoms with Crippen molar-refractivity contribution in [1.29, 1.82) is 0 Å². The minimum Gasteiger partial charge on any atom is -0.481 e. The first kappa shape index (κ1) is 9.03. The first-order valence-electron chi connectivity index (χ1n) is 4.03. The Labute approximate surface area is 70.2 Å². The molecule has 4 nitrogen and oxygen atoms in total. The van der Waals surface area contributed by atoms with E-state index in [1.807, 2.05) is 0 Å². The van der Waals surface area contributed by atoms with Crippen LogP contribution in [0.2, 0.25) is 0 Å². The van der Waals surface area contributed by atoms with Crippen LogP contribution in [0.4, 0.5) is 0 Å². The third kappa shape index (κ3) is 2.22. The smallest absolute Gasteiger partial charge is 0.303 e. The molecule has 1 fully saturated rings. The molecule has 1 aliphatic rings. The second-order valence-corrected chi connectivity index (χ2v) is 3.29. The number of hydrogen-bond acceptors (Lipinski definition) is 2. The highest BCUT2D eigenvalue weighted by Gasteiger charge is 2.33. The lowest BCUT2D eigenvalue weighted by molar-refractivity contribution is -0.143. The van der Waals surface area contributed by atoms with Crippen molar-refractivity contribution in [2.24, 2.45) is 11.8 Å². The molecule has 0 bridgehead atoms. The van der Waals surface area contributed by atoms with E-state index in [1.54, 1.807) is 0 Å². The van der Waals surface area contributed by atoms with E-state index >= 15 is 0 Å². The van der Waals surface area contributed by atoms with E-state index < -0.39 is 11.9 Å². The normalized spacial score (nSPS) is 27.7. The molecule has 0 saturated heterocycles. The molecule has 4 heteroatoms. The molecule has 0 aromatic carbocycles. The van der Waals surface area contributed by atoms with Crippen LogP contribution in [-0.2, 0) is 9.59 Å². The van der Waals surface area contributed by atoms with E-state index in [0.717, 1.165) is 12.8 Å². The fraction of sp³-hybridized carbons (Fsp3) is 0.750. The summed E-state index contributed by atoms with van der Waals surface area (Å²) in [6, 6.07) is 0.